The normalized spacial score (nSPS) is 33.1. The third-order valence-corrected chi connectivity index (χ3v) is 6.62. The minimum Gasteiger partial charge on any atom is -0.461 e. The number of carbonyl (C=O) groups is 1. The van der Waals surface area contributed by atoms with Gasteiger partial charge in [0.1, 0.15) is 24.3 Å². The van der Waals surface area contributed by atoms with Crippen LogP contribution in [0.3, 0.4) is 0 Å². The average Bonchev–Trinajstić information content (AvgIpc) is 3.20. The van der Waals surface area contributed by atoms with Crippen molar-refractivity contribution in [3.8, 4) is 12.3 Å². The molecule has 4 fully saturated rings. The number of hydrogen-bond acceptors (Lipinski definition) is 6. The van der Waals surface area contributed by atoms with Crippen molar-refractivity contribution in [2.75, 3.05) is 12.3 Å². The maximum absolute atomic E-state index is 12.3. The second-order valence-corrected chi connectivity index (χ2v) is 8.74. The van der Waals surface area contributed by atoms with E-state index >= 15 is 0 Å². The van der Waals surface area contributed by atoms with Crippen LogP contribution in [-0.4, -0.2) is 32.7 Å². The molecule has 2 bridgehead atoms. The highest BCUT2D eigenvalue weighted by atomic mass is 35.5. The zero-order valence-corrected chi connectivity index (χ0v) is 16.1. The number of esters is 1. The lowest BCUT2D eigenvalue weighted by molar-refractivity contribution is -0.170. The fourth-order valence-corrected chi connectivity index (χ4v) is 5.05. The van der Waals surface area contributed by atoms with E-state index in [1.807, 2.05) is 16.8 Å². The molecule has 1 saturated heterocycles. The Kier molecular flexibility index (Phi) is 3.87. The largest absolute Gasteiger partial charge is 0.461 e. The molecule has 2 atom stereocenters. The topological polar surface area (TPSA) is 92.3 Å². The molecular formula is C20H21ClN4O3. The van der Waals surface area contributed by atoms with Crippen LogP contribution in [0.4, 0.5) is 5.82 Å². The maximum atomic E-state index is 12.3. The molecule has 7 nitrogen and oxygen atoms in total. The van der Waals surface area contributed by atoms with Crippen LogP contribution in [0.25, 0.3) is 11.0 Å². The minimum absolute atomic E-state index is 0.0649. The summed E-state index contributed by atoms with van der Waals surface area (Å²) in [7, 11) is 0. The van der Waals surface area contributed by atoms with E-state index in [1.165, 1.54) is 0 Å². The summed E-state index contributed by atoms with van der Waals surface area (Å²) in [6, 6.07) is 1.82. The summed E-state index contributed by atoms with van der Waals surface area (Å²) in [5.41, 5.74) is 5.80. The molecule has 1 unspecified atom stereocenters. The fourth-order valence-electron chi connectivity index (χ4n) is 4.87. The average molecular weight is 401 g/mol. The number of fused-ring (bicyclic) bond motifs is 1. The first-order valence-electron chi connectivity index (χ1n) is 9.52. The van der Waals surface area contributed by atoms with Gasteiger partial charge in [-0.1, -0.05) is 5.92 Å². The second-order valence-electron chi connectivity index (χ2n) is 8.40. The predicted molar refractivity (Wildman–Crippen MR) is 103 cm³/mol. The number of terminal acetylenes is 1. The summed E-state index contributed by atoms with van der Waals surface area (Å²) >= 11 is 5.95. The molecule has 2 aromatic heterocycles. The van der Waals surface area contributed by atoms with E-state index in [1.54, 1.807) is 0 Å². The van der Waals surface area contributed by atoms with Gasteiger partial charge in [0, 0.05) is 6.20 Å². The van der Waals surface area contributed by atoms with Crippen LogP contribution in [0.2, 0.25) is 5.28 Å². The van der Waals surface area contributed by atoms with E-state index in [4.69, 9.17) is 33.2 Å². The van der Waals surface area contributed by atoms with Crippen LogP contribution in [0.15, 0.2) is 12.3 Å². The maximum Gasteiger partial charge on any atom is 0.306 e. The van der Waals surface area contributed by atoms with Crippen molar-refractivity contribution in [1.82, 2.24) is 14.5 Å². The van der Waals surface area contributed by atoms with Gasteiger partial charge in [-0.25, -0.2) is 4.98 Å². The number of carbonyl (C=O) groups excluding carboxylic acids is 1. The minimum atomic E-state index is -0.932. The van der Waals surface area contributed by atoms with Crippen LogP contribution < -0.4 is 5.73 Å². The van der Waals surface area contributed by atoms with E-state index in [0.29, 0.717) is 36.1 Å². The summed E-state index contributed by atoms with van der Waals surface area (Å²) in [6.45, 7) is 0.0649. The Hall–Kier alpha value is -2.30. The smallest absolute Gasteiger partial charge is 0.306 e. The Morgan fingerprint density at radius 1 is 1.46 bits per heavy atom. The van der Waals surface area contributed by atoms with Gasteiger partial charge in [-0.2, -0.15) is 4.98 Å². The Morgan fingerprint density at radius 3 is 2.93 bits per heavy atom. The van der Waals surface area contributed by atoms with E-state index in [2.05, 4.69) is 15.9 Å². The predicted octanol–water partition coefficient (Wildman–Crippen LogP) is 3.08. The van der Waals surface area contributed by atoms with Crippen molar-refractivity contribution in [2.24, 2.45) is 11.3 Å². The third-order valence-electron chi connectivity index (χ3n) is 6.45. The molecule has 3 aliphatic carbocycles. The van der Waals surface area contributed by atoms with Crippen LogP contribution in [0.5, 0.6) is 0 Å². The Labute approximate surface area is 167 Å². The van der Waals surface area contributed by atoms with Crippen molar-refractivity contribution < 1.29 is 14.3 Å². The summed E-state index contributed by atoms with van der Waals surface area (Å²) in [6.07, 6.45) is 12.5. The lowest BCUT2D eigenvalue weighted by Crippen LogP contribution is -2.53. The SMILES string of the molecule is C#C[C@@]1(COC(=O)CC23CC(C2)C3)CCC(n2ccc3c(N)nc(Cl)nc32)O1. The van der Waals surface area contributed by atoms with Crippen LogP contribution in [0, 0.1) is 23.7 Å². The highest BCUT2D eigenvalue weighted by molar-refractivity contribution is 6.28. The highest BCUT2D eigenvalue weighted by Crippen LogP contribution is 2.66. The van der Waals surface area contributed by atoms with E-state index in [0.717, 1.165) is 25.2 Å². The molecule has 2 N–H and O–H groups in total. The molecule has 6 rings (SSSR count). The van der Waals surface area contributed by atoms with Crippen molar-refractivity contribution in [3.63, 3.8) is 0 Å². The Morgan fingerprint density at radius 2 is 2.25 bits per heavy atom. The number of rotatable bonds is 5. The first kappa shape index (κ1) is 17.8. The van der Waals surface area contributed by atoms with Gasteiger partial charge in [-0.05, 0) is 61.1 Å². The van der Waals surface area contributed by atoms with Gasteiger partial charge in [0.25, 0.3) is 0 Å². The van der Waals surface area contributed by atoms with E-state index in [-0.39, 0.29) is 29.5 Å². The van der Waals surface area contributed by atoms with Crippen molar-refractivity contribution in [1.29, 1.82) is 0 Å². The summed E-state index contributed by atoms with van der Waals surface area (Å²) in [4.78, 5) is 20.5. The molecule has 0 radical (unpaired) electrons. The van der Waals surface area contributed by atoms with Crippen LogP contribution in [0.1, 0.15) is 44.8 Å². The number of hydrogen-bond donors (Lipinski definition) is 1. The fraction of sp³-hybridized carbons (Fsp3) is 0.550. The summed E-state index contributed by atoms with van der Waals surface area (Å²) < 4.78 is 13.5. The van der Waals surface area contributed by atoms with E-state index < -0.39 is 5.60 Å². The number of nitrogens with zero attached hydrogens (tertiary/aromatic N) is 3. The number of halogens is 1. The van der Waals surface area contributed by atoms with Gasteiger partial charge in [-0.15, -0.1) is 6.42 Å². The van der Waals surface area contributed by atoms with Gasteiger partial charge >= 0.3 is 5.97 Å². The summed E-state index contributed by atoms with van der Waals surface area (Å²) in [5.74, 6) is 3.67. The highest BCUT2D eigenvalue weighted by Gasteiger charge is 2.57. The molecule has 28 heavy (non-hydrogen) atoms. The zero-order valence-electron chi connectivity index (χ0n) is 15.4. The molecule has 146 valence electrons. The van der Waals surface area contributed by atoms with Gasteiger partial charge in [0.15, 0.2) is 5.60 Å². The molecule has 3 saturated carbocycles. The molecule has 8 heteroatoms. The van der Waals surface area contributed by atoms with Crippen molar-refractivity contribution in [2.45, 2.75) is 50.4 Å². The molecule has 0 aromatic carbocycles. The zero-order chi connectivity index (χ0) is 19.5. The Balaban J connectivity index is 1.28. The van der Waals surface area contributed by atoms with Gasteiger partial charge in [0.05, 0.1) is 11.8 Å². The number of ether oxygens (including phenoxy) is 2. The molecule has 3 heterocycles. The van der Waals surface area contributed by atoms with Crippen LogP contribution in [-0.2, 0) is 14.3 Å². The van der Waals surface area contributed by atoms with E-state index in [9.17, 15) is 4.79 Å². The van der Waals surface area contributed by atoms with Crippen molar-refractivity contribution in [3.05, 3.63) is 17.5 Å². The first-order chi connectivity index (χ1) is 13.4. The monoisotopic (exact) mass is 400 g/mol. The molecular weight excluding hydrogens is 380 g/mol. The standard InChI is InChI=1S/C20H21ClN4O3/c1-2-20(11-27-15(26)10-19-7-12(8-19)9-19)5-3-14(28-20)25-6-4-13-16(22)23-18(21)24-17(13)25/h1,4,6,12,14H,3,5,7-11H2,(H2,22,23,24)/t12?,14?,19?,20-/m0/s1. The lowest BCUT2D eigenvalue weighted by Gasteiger charge is -2.61. The lowest BCUT2D eigenvalue weighted by atomic mass is 9.43. The second kappa shape index (κ2) is 6.10. The molecule has 4 aliphatic rings. The van der Waals surface area contributed by atoms with Gasteiger partial charge in [0.2, 0.25) is 5.28 Å². The van der Waals surface area contributed by atoms with Gasteiger partial charge < -0.3 is 19.8 Å². The molecule has 0 spiro atoms. The number of anilines is 1. The third kappa shape index (κ3) is 2.75. The number of nitrogen functional groups attached to an aromatic ring is 1. The molecule has 2 aromatic rings. The molecule has 0 amide bonds. The number of nitrogens with two attached hydrogens (primary N) is 1. The Bertz CT molecular complexity index is 996. The number of aromatic nitrogens is 3. The molecule has 1 aliphatic heterocycles. The van der Waals surface area contributed by atoms with Gasteiger partial charge in [-0.3, -0.25) is 4.79 Å². The first-order valence-corrected chi connectivity index (χ1v) is 9.90. The quantitative estimate of drug-likeness (QED) is 0.471. The summed E-state index contributed by atoms with van der Waals surface area (Å²) in [5, 5.41) is 0.782. The van der Waals surface area contributed by atoms with Crippen LogP contribution >= 0.6 is 11.6 Å². The van der Waals surface area contributed by atoms with Crippen molar-refractivity contribution >= 4 is 34.4 Å².